The van der Waals surface area contributed by atoms with Gasteiger partial charge < -0.3 is 4.74 Å². The molecule has 30 heavy (non-hydrogen) atoms. The minimum absolute atomic E-state index is 0.165. The van der Waals surface area contributed by atoms with E-state index in [0.29, 0.717) is 15.0 Å². The lowest BCUT2D eigenvalue weighted by Crippen LogP contribution is -2.40. The summed E-state index contributed by atoms with van der Waals surface area (Å²) in [5.74, 6) is -1.11. The second kappa shape index (κ2) is 8.20. The third kappa shape index (κ3) is 3.52. The standard InChI is InChI=1S/C23H19FN2O3S/c1-3-29-22(28)19-14(2)25-23-26(20(19)16-11-7-8-12-17(16)24)21(27)18(30-23)13-15-9-5-4-6-10-15/h4-13,20H,3H2,1-2H3/b18-13+/t20-/m1/s1. The fourth-order valence-corrected chi connectivity index (χ4v) is 4.53. The number of carbonyl (C=O) groups is 1. The van der Waals surface area contributed by atoms with Gasteiger partial charge in [0.15, 0.2) is 4.80 Å². The number of ether oxygens (including phenoxy) is 1. The van der Waals surface area contributed by atoms with Crippen LogP contribution >= 0.6 is 11.3 Å². The Bertz CT molecular complexity index is 1320. The van der Waals surface area contributed by atoms with E-state index < -0.39 is 17.8 Å². The lowest BCUT2D eigenvalue weighted by Gasteiger charge is -2.24. The van der Waals surface area contributed by atoms with Crippen molar-refractivity contribution < 1.29 is 13.9 Å². The Kier molecular flexibility index (Phi) is 5.46. The zero-order valence-corrected chi connectivity index (χ0v) is 17.3. The minimum atomic E-state index is -0.945. The SMILES string of the molecule is CCOC(=O)C1=C(C)N=c2s/c(=C/c3ccccc3)c(=O)n2[C@@H]1c1ccccc1F. The minimum Gasteiger partial charge on any atom is -0.463 e. The van der Waals surface area contributed by atoms with Crippen LogP contribution in [0, 0.1) is 5.82 Å². The van der Waals surface area contributed by atoms with Gasteiger partial charge in [-0.15, -0.1) is 0 Å². The number of carbonyl (C=O) groups excluding carboxylic acids is 1. The summed E-state index contributed by atoms with van der Waals surface area (Å²) < 4.78 is 21.8. The molecule has 0 fully saturated rings. The zero-order valence-electron chi connectivity index (χ0n) is 16.5. The number of allylic oxidation sites excluding steroid dienone is 1. The van der Waals surface area contributed by atoms with Crippen LogP contribution in [-0.4, -0.2) is 17.1 Å². The number of halogens is 1. The first kappa shape index (κ1) is 20.0. The van der Waals surface area contributed by atoms with E-state index in [1.807, 2.05) is 30.3 Å². The van der Waals surface area contributed by atoms with E-state index in [4.69, 9.17) is 4.74 Å². The highest BCUT2D eigenvalue weighted by molar-refractivity contribution is 7.07. The summed E-state index contributed by atoms with van der Waals surface area (Å²) in [5, 5.41) is 0. The van der Waals surface area contributed by atoms with Crippen LogP contribution in [0.2, 0.25) is 0 Å². The quantitative estimate of drug-likeness (QED) is 0.608. The fraction of sp³-hybridized carbons (Fsp3) is 0.174. The fourth-order valence-electron chi connectivity index (χ4n) is 3.48. The van der Waals surface area contributed by atoms with Crippen LogP contribution in [0.3, 0.4) is 0 Å². The van der Waals surface area contributed by atoms with Gasteiger partial charge in [-0.05, 0) is 31.6 Å². The first-order chi connectivity index (χ1) is 14.5. The number of nitrogens with zero attached hydrogens (tertiary/aromatic N) is 2. The molecule has 0 unspecified atom stereocenters. The first-order valence-electron chi connectivity index (χ1n) is 9.50. The van der Waals surface area contributed by atoms with Gasteiger partial charge in [-0.2, -0.15) is 0 Å². The highest BCUT2D eigenvalue weighted by Crippen LogP contribution is 2.32. The molecule has 0 aliphatic carbocycles. The Morgan fingerprint density at radius 3 is 2.60 bits per heavy atom. The van der Waals surface area contributed by atoms with Gasteiger partial charge in [0.25, 0.3) is 5.56 Å². The van der Waals surface area contributed by atoms with Crippen LogP contribution in [0.15, 0.2) is 75.7 Å². The maximum absolute atomic E-state index is 14.8. The molecule has 0 radical (unpaired) electrons. The van der Waals surface area contributed by atoms with Crippen molar-refractivity contribution in [2.24, 2.45) is 4.99 Å². The van der Waals surface area contributed by atoms with Crippen LogP contribution in [0.4, 0.5) is 4.39 Å². The Morgan fingerprint density at radius 2 is 1.90 bits per heavy atom. The third-order valence-electron chi connectivity index (χ3n) is 4.81. The van der Waals surface area contributed by atoms with Crippen LogP contribution in [0.5, 0.6) is 0 Å². The summed E-state index contributed by atoms with van der Waals surface area (Å²) in [5.41, 5.74) is 1.34. The molecule has 2 aromatic carbocycles. The van der Waals surface area contributed by atoms with E-state index in [0.717, 1.165) is 5.56 Å². The van der Waals surface area contributed by atoms with E-state index in [1.165, 1.54) is 22.0 Å². The summed E-state index contributed by atoms with van der Waals surface area (Å²) in [4.78, 5) is 31.0. The van der Waals surface area contributed by atoms with Gasteiger partial charge >= 0.3 is 5.97 Å². The van der Waals surface area contributed by atoms with E-state index in [9.17, 15) is 14.0 Å². The summed E-state index contributed by atoms with van der Waals surface area (Å²) in [6.07, 6.45) is 1.77. The highest BCUT2D eigenvalue weighted by Gasteiger charge is 2.34. The van der Waals surface area contributed by atoms with Crippen molar-refractivity contribution in [3.63, 3.8) is 0 Å². The highest BCUT2D eigenvalue weighted by atomic mass is 32.1. The molecule has 4 rings (SSSR count). The van der Waals surface area contributed by atoms with Crippen molar-refractivity contribution in [3.05, 3.63) is 102 Å². The van der Waals surface area contributed by atoms with Crippen LogP contribution < -0.4 is 14.9 Å². The molecule has 0 spiro atoms. The number of rotatable bonds is 4. The van der Waals surface area contributed by atoms with Gasteiger partial charge in [0.05, 0.1) is 22.4 Å². The number of thiazole rings is 1. The molecule has 2 heterocycles. The van der Waals surface area contributed by atoms with Gasteiger partial charge in [0.1, 0.15) is 11.9 Å². The molecule has 0 saturated carbocycles. The Hall–Kier alpha value is -3.32. The average Bonchev–Trinajstić information content (AvgIpc) is 3.03. The van der Waals surface area contributed by atoms with Crippen molar-refractivity contribution >= 4 is 23.4 Å². The summed E-state index contributed by atoms with van der Waals surface area (Å²) >= 11 is 1.21. The topological polar surface area (TPSA) is 60.7 Å². The van der Waals surface area contributed by atoms with E-state index in [1.54, 1.807) is 38.1 Å². The summed E-state index contributed by atoms with van der Waals surface area (Å²) in [7, 11) is 0. The third-order valence-corrected chi connectivity index (χ3v) is 5.80. The van der Waals surface area contributed by atoms with Crippen LogP contribution in [-0.2, 0) is 9.53 Å². The van der Waals surface area contributed by atoms with Crippen molar-refractivity contribution in [2.45, 2.75) is 19.9 Å². The van der Waals surface area contributed by atoms with Crippen molar-refractivity contribution in [2.75, 3.05) is 6.61 Å². The van der Waals surface area contributed by atoms with Gasteiger partial charge in [0.2, 0.25) is 0 Å². The average molecular weight is 422 g/mol. The Labute approximate surface area is 176 Å². The summed E-state index contributed by atoms with van der Waals surface area (Å²) in [6, 6.07) is 14.6. The smallest absolute Gasteiger partial charge is 0.338 e. The van der Waals surface area contributed by atoms with Gasteiger partial charge in [-0.3, -0.25) is 9.36 Å². The molecule has 1 atom stereocenters. The van der Waals surface area contributed by atoms with Crippen molar-refractivity contribution in [1.82, 2.24) is 4.57 Å². The second-order valence-electron chi connectivity index (χ2n) is 6.73. The lowest BCUT2D eigenvalue weighted by molar-refractivity contribution is -0.139. The maximum atomic E-state index is 14.8. The van der Waals surface area contributed by atoms with Crippen LogP contribution in [0.1, 0.15) is 31.0 Å². The zero-order chi connectivity index (χ0) is 21.3. The van der Waals surface area contributed by atoms with E-state index in [-0.39, 0.29) is 23.3 Å². The molecule has 152 valence electrons. The molecule has 0 N–H and O–H groups in total. The number of fused-ring (bicyclic) bond motifs is 1. The van der Waals surface area contributed by atoms with E-state index in [2.05, 4.69) is 4.99 Å². The molecular formula is C23H19FN2O3S. The molecule has 7 heteroatoms. The number of hydrogen-bond acceptors (Lipinski definition) is 5. The Morgan fingerprint density at radius 1 is 1.20 bits per heavy atom. The molecule has 1 aliphatic rings. The first-order valence-corrected chi connectivity index (χ1v) is 10.3. The van der Waals surface area contributed by atoms with E-state index >= 15 is 0 Å². The predicted molar refractivity (Wildman–Crippen MR) is 113 cm³/mol. The normalized spacial score (nSPS) is 16.2. The molecule has 0 bridgehead atoms. The number of hydrogen-bond donors (Lipinski definition) is 0. The monoisotopic (exact) mass is 422 g/mol. The predicted octanol–water partition coefficient (Wildman–Crippen LogP) is 2.94. The molecule has 1 aromatic heterocycles. The number of benzene rings is 2. The lowest BCUT2D eigenvalue weighted by atomic mass is 9.95. The van der Waals surface area contributed by atoms with Gasteiger partial charge in [-0.1, -0.05) is 59.9 Å². The maximum Gasteiger partial charge on any atom is 0.338 e. The van der Waals surface area contributed by atoms with Crippen molar-refractivity contribution in [1.29, 1.82) is 0 Å². The molecule has 0 amide bonds. The Balaban J connectivity index is 1.99. The molecular weight excluding hydrogens is 403 g/mol. The van der Waals surface area contributed by atoms with Gasteiger partial charge in [-0.25, -0.2) is 14.2 Å². The number of esters is 1. The van der Waals surface area contributed by atoms with Crippen LogP contribution in [0.25, 0.3) is 6.08 Å². The largest absolute Gasteiger partial charge is 0.463 e. The second-order valence-corrected chi connectivity index (χ2v) is 7.74. The molecule has 1 aliphatic heterocycles. The molecule has 0 saturated heterocycles. The van der Waals surface area contributed by atoms with Crippen molar-refractivity contribution in [3.8, 4) is 0 Å². The molecule has 3 aromatic rings. The number of aromatic nitrogens is 1. The summed E-state index contributed by atoms with van der Waals surface area (Å²) in [6.45, 7) is 3.54. The van der Waals surface area contributed by atoms with Gasteiger partial charge in [0, 0.05) is 5.56 Å². The molecule has 5 nitrogen and oxygen atoms in total.